The van der Waals surface area contributed by atoms with Crippen LogP contribution in [-0.4, -0.2) is 30.1 Å². The van der Waals surface area contributed by atoms with Crippen LogP contribution in [0.4, 0.5) is 9.52 Å². The number of halogens is 1. The lowest BCUT2D eigenvalue weighted by molar-refractivity contribution is -0.115. The minimum atomic E-state index is -0.320. The average molecular weight is 486 g/mol. The van der Waals surface area contributed by atoms with Crippen LogP contribution in [0.25, 0.3) is 11.3 Å². The third kappa shape index (κ3) is 5.85. The van der Waals surface area contributed by atoms with E-state index >= 15 is 0 Å². The van der Waals surface area contributed by atoms with Crippen LogP contribution >= 0.6 is 22.7 Å². The number of hydrogen-bond acceptors (Lipinski definition) is 8. The van der Waals surface area contributed by atoms with Crippen LogP contribution in [0.15, 0.2) is 53.2 Å². The predicted octanol–water partition coefficient (Wildman–Crippen LogP) is 5.18. The van der Waals surface area contributed by atoms with Gasteiger partial charge in [0.2, 0.25) is 5.91 Å². The van der Waals surface area contributed by atoms with Gasteiger partial charge in [0.05, 0.1) is 32.0 Å². The zero-order valence-corrected chi connectivity index (χ0v) is 19.5. The van der Waals surface area contributed by atoms with E-state index in [1.54, 1.807) is 26.4 Å². The van der Waals surface area contributed by atoms with Gasteiger partial charge >= 0.3 is 0 Å². The summed E-state index contributed by atoms with van der Waals surface area (Å²) in [5, 5.41) is 7.69. The van der Waals surface area contributed by atoms with Gasteiger partial charge in [-0.1, -0.05) is 0 Å². The van der Waals surface area contributed by atoms with E-state index in [1.165, 1.54) is 34.8 Å². The molecule has 2 aromatic carbocycles. The quantitative estimate of drug-likeness (QED) is 0.352. The van der Waals surface area contributed by atoms with Crippen molar-refractivity contribution in [3.63, 3.8) is 0 Å². The van der Waals surface area contributed by atoms with Crippen molar-refractivity contribution < 1.29 is 23.4 Å². The molecule has 0 unspecified atom stereocenters. The fraction of sp³-hybridized carbons (Fsp3) is 0.174. The number of nitrogens with one attached hydrogen (secondary N) is 1. The number of ether oxygens (including phenoxy) is 3. The first kappa shape index (κ1) is 22.7. The van der Waals surface area contributed by atoms with Gasteiger partial charge in [-0.15, -0.1) is 22.7 Å². The maximum Gasteiger partial charge on any atom is 0.232 e. The Hall–Kier alpha value is -3.50. The summed E-state index contributed by atoms with van der Waals surface area (Å²) in [5.41, 5.74) is 2.10. The molecule has 33 heavy (non-hydrogen) atoms. The normalized spacial score (nSPS) is 10.6. The van der Waals surface area contributed by atoms with Crippen molar-refractivity contribution in [2.24, 2.45) is 0 Å². The Morgan fingerprint density at radius 2 is 1.79 bits per heavy atom. The smallest absolute Gasteiger partial charge is 0.232 e. The Kier molecular flexibility index (Phi) is 7.16. The van der Waals surface area contributed by atoms with Crippen molar-refractivity contribution in [1.82, 2.24) is 9.97 Å². The molecule has 2 aromatic heterocycles. The molecule has 0 saturated carbocycles. The highest BCUT2D eigenvalue weighted by Crippen LogP contribution is 2.35. The van der Waals surface area contributed by atoms with Crippen LogP contribution in [0.2, 0.25) is 0 Å². The first-order valence-corrected chi connectivity index (χ1v) is 11.6. The summed E-state index contributed by atoms with van der Waals surface area (Å²) < 4.78 is 29.3. The van der Waals surface area contributed by atoms with E-state index in [2.05, 4.69) is 15.3 Å². The lowest BCUT2D eigenvalue weighted by Crippen LogP contribution is -2.14. The molecule has 0 atom stereocenters. The highest BCUT2D eigenvalue weighted by Gasteiger charge is 2.14. The number of anilines is 1. The first-order valence-electron chi connectivity index (χ1n) is 9.83. The Morgan fingerprint density at radius 3 is 2.55 bits per heavy atom. The van der Waals surface area contributed by atoms with Gasteiger partial charge in [0.1, 0.15) is 34.7 Å². The highest BCUT2D eigenvalue weighted by atomic mass is 32.1. The lowest BCUT2D eigenvalue weighted by atomic mass is 10.1. The van der Waals surface area contributed by atoms with Gasteiger partial charge in [0.15, 0.2) is 5.13 Å². The number of amides is 1. The van der Waals surface area contributed by atoms with Crippen LogP contribution in [-0.2, 0) is 17.8 Å². The predicted molar refractivity (Wildman–Crippen MR) is 126 cm³/mol. The van der Waals surface area contributed by atoms with Crippen LogP contribution < -0.4 is 19.5 Å². The van der Waals surface area contributed by atoms with Gasteiger partial charge in [-0.3, -0.25) is 4.79 Å². The zero-order chi connectivity index (χ0) is 23.2. The molecular formula is C23H20FN3O4S2. The molecule has 0 aliphatic rings. The summed E-state index contributed by atoms with van der Waals surface area (Å²) in [6.45, 7) is 0.246. The minimum absolute atomic E-state index is 0.116. The largest absolute Gasteiger partial charge is 0.497 e. The molecular weight excluding hydrogens is 465 g/mol. The monoisotopic (exact) mass is 485 g/mol. The molecule has 0 spiro atoms. The third-order valence-corrected chi connectivity index (χ3v) is 6.18. The van der Waals surface area contributed by atoms with Crippen molar-refractivity contribution in [3.05, 3.63) is 69.7 Å². The number of hydrogen-bond donors (Lipinski definition) is 1. The molecule has 4 aromatic rings. The molecule has 10 heteroatoms. The fourth-order valence-electron chi connectivity index (χ4n) is 2.97. The van der Waals surface area contributed by atoms with E-state index in [-0.39, 0.29) is 24.8 Å². The maximum atomic E-state index is 13.0. The van der Waals surface area contributed by atoms with Crippen molar-refractivity contribution in [1.29, 1.82) is 0 Å². The lowest BCUT2D eigenvalue weighted by Gasteiger charge is -2.08. The van der Waals surface area contributed by atoms with Crippen LogP contribution in [0.5, 0.6) is 17.2 Å². The zero-order valence-electron chi connectivity index (χ0n) is 17.8. The van der Waals surface area contributed by atoms with Gasteiger partial charge in [0, 0.05) is 16.3 Å². The summed E-state index contributed by atoms with van der Waals surface area (Å²) in [6.07, 6.45) is 0.116. The summed E-state index contributed by atoms with van der Waals surface area (Å²) in [5.74, 6) is 1.37. The second kappa shape index (κ2) is 10.4. The Bertz CT molecular complexity index is 1240. The third-order valence-electron chi connectivity index (χ3n) is 4.55. The summed E-state index contributed by atoms with van der Waals surface area (Å²) in [7, 11) is 3.18. The number of methoxy groups -OCH3 is 2. The van der Waals surface area contributed by atoms with Crippen molar-refractivity contribution in [2.45, 2.75) is 13.0 Å². The first-order chi connectivity index (χ1) is 16.0. The van der Waals surface area contributed by atoms with Gasteiger partial charge < -0.3 is 19.5 Å². The second-order valence-electron chi connectivity index (χ2n) is 6.80. The molecule has 0 fully saturated rings. The summed E-state index contributed by atoms with van der Waals surface area (Å²) >= 11 is 2.72. The van der Waals surface area contributed by atoms with Crippen molar-refractivity contribution in [2.75, 3.05) is 19.5 Å². The van der Waals surface area contributed by atoms with Crippen molar-refractivity contribution in [3.8, 4) is 28.5 Å². The molecule has 1 N–H and O–H groups in total. The van der Waals surface area contributed by atoms with Gasteiger partial charge in [-0.25, -0.2) is 14.4 Å². The summed E-state index contributed by atoms with van der Waals surface area (Å²) in [6, 6.07) is 11.2. The van der Waals surface area contributed by atoms with Gasteiger partial charge in [0.25, 0.3) is 0 Å². The van der Waals surface area contributed by atoms with E-state index in [1.807, 2.05) is 29.0 Å². The van der Waals surface area contributed by atoms with E-state index < -0.39 is 0 Å². The molecule has 170 valence electrons. The molecule has 7 nitrogen and oxygen atoms in total. The Balaban J connectivity index is 1.34. The minimum Gasteiger partial charge on any atom is -0.497 e. The molecule has 1 amide bonds. The number of carbonyl (C=O) groups is 1. The molecule has 0 aliphatic carbocycles. The molecule has 2 heterocycles. The number of carbonyl (C=O) groups excluding carboxylic acids is 1. The molecule has 0 aliphatic heterocycles. The van der Waals surface area contributed by atoms with Crippen LogP contribution in [0.1, 0.15) is 10.7 Å². The second-order valence-corrected chi connectivity index (χ2v) is 8.60. The highest BCUT2D eigenvalue weighted by molar-refractivity contribution is 7.14. The average Bonchev–Trinajstić information content (AvgIpc) is 3.47. The molecule has 0 radical (unpaired) electrons. The van der Waals surface area contributed by atoms with E-state index in [9.17, 15) is 9.18 Å². The molecule has 0 saturated heterocycles. The van der Waals surface area contributed by atoms with Gasteiger partial charge in [-0.05, 0) is 42.5 Å². The Morgan fingerprint density at radius 1 is 1.00 bits per heavy atom. The van der Waals surface area contributed by atoms with Crippen LogP contribution in [0, 0.1) is 5.82 Å². The van der Waals surface area contributed by atoms with Crippen LogP contribution in [0.3, 0.4) is 0 Å². The number of aromatic nitrogens is 2. The van der Waals surface area contributed by atoms with Gasteiger partial charge in [-0.2, -0.15) is 0 Å². The maximum absolute atomic E-state index is 13.0. The standard InChI is InChI=1S/C23H20FN3O4S2/c1-29-17-7-8-20(30-2)18(10-17)19-13-33-23(26-19)27-21(28)9-15-12-32-22(25-15)11-31-16-5-3-14(24)4-6-16/h3-8,10,12-13H,9,11H2,1-2H3,(H,26,27,28). The molecule has 4 rings (SSSR count). The summed E-state index contributed by atoms with van der Waals surface area (Å²) in [4.78, 5) is 21.4. The van der Waals surface area contributed by atoms with E-state index in [0.717, 1.165) is 10.6 Å². The number of thiazole rings is 2. The molecule has 0 bridgehead atoms. The number of benzene rings is 2. The Labute approximate surface area is 197 Å². The van der Waals surface area contributed by atoms with Crippen molar-refractivity contribution >= 4 is 33.7 Å². The topological polar surface area (TPSA) is 82.6 Å². The fourth-order valence-corrected chi connectivity index (χ4v) is 4.40. The SMILES string of the molecule is COc1ccc(OC)c(-c2csc(NC(=O)Cc3csc(COc4ccc(F)cc4)n3)n2)c1. The van der Waals surface area contributed by atoms with E-state index in [0.29, 0.717) is 33.8 Å². The number of nitrogens with zero attached hydrogens (tertiary/aromatic N) is 2. The number of rotatable bonds is 9. The van der Waals surface area contributed by atoms with E-state index in [4.69, 9.17) is 14.2 Å².